The van der Waals surface area contributed by atoms with Crippen molar-refractivity contribution in [3.63, 3.8) is 0 Å². The molecule has 2 heteroatoms. The van der Waals surface area contributed by atoms with Crippen LogP contribution in [-0.4, -0.2) is 6.61 Å². The van der Waals surface area contributed by atoms with E-state index in [0.717, 1.165) is 11.3 Å². The third-order valence-corrected chi connectivity index (χ3v) is 2.33. The molecule has 0 bridgehead atoms. The van der Waals surface area contributed by atoms with Crippen LogP contribution in [0.5, 0.6) is 5.75 Å². The summed E-state index contributed by atoms with van der Waals surface area (Å²) in [6.07, 6.45) is 0. The van der Waals surface area contributed by atoms with Crippen molar-refractivity contribution in [2.45, 2.75) is 26.7 Å². The molecule has 0 amide bonds. The first-order valence-corrected chi connectivity index (χ1v) is 5.31. The number of hydrogen-bond donors (Lipinski definition) is 0. The maximum atomic E-state index is 9.08. The lowest BCUT2D eigenvalue weighted by Gasteiger charge is -2.14. The van der Waals surface area contributed by atoms with Gasteiger partial charge in [-0.25, -0.2) is 0 Å². The molecular formula is C13H17NO. The molecule has 0 saturated carbocycles. The first kappa shape index (κ1) is 11.6. The second-order valence-electron chi connectivity index (χ2n) is 3.86. The largest absolute Gasteiger partial charge is 0.494 e. The van der Waals surface area contributed by atoms with Crippen LogP contribution >= 0.6 is 0 Å². The first-order chi connectivity index (χ1) is 7.19. The third kappa shape index (κ3) is 2.99. The van der Waals surface area contributed by atoms with E-state index >= 15 is 0 Å². The molecule has 0 heterocycles. The van der Waals surface area contributed by atoms with Gasteiger partial charge in [-0.15, -0.1) is 0 Å². The molecule has 0 unspecified atom stereocenters. The van der Waals surface area contributed by atoms with Crippen LogP contribution in [0.1, 0.15) is 32.3 Å². The number of nitrogens with zero attached hydrogens (tertiary/aromatic N) is 1. The molecule has 0 aliphatic rings. The average Bonchev–Trinajstić information content (AvgIpc) is 2.19. The van der Waals surface area contributed by atoms with Crippen LogP contribution in [0.15, 0.2) is 24.3 Å². The summed E-state index contributed by atoms with van der Waals surface area (Å²) >= 11 is 0. The number of nitriles is 1. The highest BCUT2D eigenvalue weighted by Gasteiger charge is 2.15. The van der Waals surface area contributed by atoms with Crippen LogP contribution in [0.4, 0.5) is 0 Å². The minimum absolute atomic E-state index is 0.0505. The molecule has 0 N–H and O–H groups in total. The van der Waals surface area contributed by atoms with Crippen molar-refractivity contribution in [1.29, 1.82) is 5.26 Å². The number of benzene rings is 1. The highest BCUT2D eigenvalue weighted by molar-refractivity contribution is 5.33. The molecule has 0 radical (unpaired) electrons. The zero-order valence-corrected chi connectivity index (χ0v) is 9.53. The fraction of sp³-hybridized carbons (Fsp3) is 0.462. The summed E-state index contributed by atoms with van der Waals surface area (Å²) in [5.41, 5.74) is 1.04. The van der Waals surface area contributed by atoms with E-state index in [4.69, 9.17) is 10.00 Å². The van der Waals surface area contributed by atoms with Gasteiger partial charge in [0.25, 0.3) is 0 Å². The van der Waals surface area contributed by atoms with Gasteiger partial charge in [0.1, 0.15) is 5.75 Å². The van der Waals surface area contributed by atoms with Crippen LogP contribution in [-0.2, 0) is 0 Å². The number of ether oxygens (including phenoxy) is 1. The zero-order chi connectivity index (χ0) is 11.3. The summed E-state index contributed by atoms with van der Waals surface area (Å²) in [6, 6.07) is 10.1. The smallest absolute Gasteiger partial charge is 0.119 e. The lowest BCUT2D eigenvalue weighted by Crippen LogP contribution is -2.04. The van der Waals surface area contributed by atoms with Crippen molar-refractivity contribution >= 4 is 0 Å². The molecule has 1 rings (SSSR count). The van der Waals surface area contributed by atoms with Gasteiger partial charge in [0.15, 0.2) is 0 Å². The molecule has 1 aromatic carbocycles. The summed E-state index contributed by atoms with van der Waals surface area (Å²) in [7, 11) is 0. The Kier molecular flexibility index (Phi) is 4.17. The molecule has 15 heavy (non-hydrogen) atoms. The second-order valence-corrected chi connectivity index (χ2v) is 3.86. The molecule has 0 spiro atoms. The van der Waals surface area contributed by atoms with Crippen molar-refractivity contribution in [3.05, 3.63) is 29.8 Å². The zero-order valence-electron chi connectivity index (χ0n) is 9.53. The Balaban J connectivity index is 2.94. The maximum Gasteiger partial charge on any atom is 0.119 e. The van der Waals surface area contributed by atoms with E-state index in [1.54, 1.807) is 0 Å². The number of rotatable bonds is 4. The van der Waals surface area contributed by atoms with E-state index in [1.807, 2.05) is 31.2 Å². The van der Waals surface area contributed by atoms with Crippen LogP contribution in [0.2, 0.25) is 0 Å². The van der Waals surface area contributed by atoms with E-state index in [9.17, 15) is 0 Å². The van der Waals surface area contributed by atoms with Crippen molar-refractivity contribution in [2.75, 3.05) is 6.61 Å². The highest BCUT2D eigenvalue weighted by atomic mass is 16.5. The monoisotopic (exact) mass is 203 g/mol. The molecule has 0 fully saturated rings. The van der Waals surface area contributed by atoms with Crippen molar-refractivity contribution in [3.8, 4) is 11.8 Å². The summed E-state index contributed by atoms with van der Waals surface area (Å²) < 4.78 is 5.41. The van der Waals surface area contributed by atoms with Gasteiger partial charge in [0.2, 0.25) is 0 Å². The Morgan fingerprint density at radius 3 is 2.67 bits per heavy atom. The SMILES string of the molecule is CCOc1cccc([C@H](C#N)C(C)C)c1. The average molecular weight is 203 g/mol. The van der Waals surface area contributed by atoms with Crippen LogP contribution in [0.3, 0.4) is 0 Å². The fourth-order valence-corrected chi connectivity index (χ4v) is 1.57. The Morgan fingerprint density at radius 2 is 2.13 bits per heavy atom. The summed E-state index contributed by atoms with van der Waals surface area (Å²) in [4.78, 5) is 0. The van der Waals surface area contributed by atoms with Crippen LogP contribution in [0.25, 0.3) is 0 Å². The maximum absolute atomic E-state index is 9.08. The van der Waals surface area contributed by atoms with Gasteiger partial charge in [0, 0.05) is 0 Å². The van der Waals surface area contributed by atoms with Gasteiger partial charge in [0.05, 0.1) is 18.6 Å². The van der Waals surface area contributed by atoms with E-state index in [0.29, 0.717) is 12.5 Å². The lowest BCUT2D eigenvalue weighted by atomic mass is 9.90. The highest BCUT2D eigenvalue weighted by Crippen LogP contribution is 2.26. The van der Waals surface area contributed by atoms with Crippen molar-refractivity contribution in [2.24, 2.45) is 5.92 Å². The molecule has 80 valence electrons. The van der Waals surface area contributed by atoms with Crippen LogP contribution in [0, 0.1) is 17.2 Å². The van der Waals surface area contributed by atoms with E-state index in [1.165, 1.54) is 0 Å². The molecule has 0 aromatic heterocycles. The Bertz CT molecular complexity index is 352. The summed E-state index contributed by atoms with van der Waals surface area (Å²) in [5, 5.41) is 9.08. The molecule has 0 aliphatic heterocycles. The Labute approximate surface area is 91.5 Å². The van der Waals surface area contributed by atoms with Gasteiger partial charge in [-0.05, 0) is 30.5 Å². The third-order valence-electron chi connectivity index (χ3n) is 2.33. The quantitative estimate of drug-likeness (QED) is 0.751. The Morgan fingerprint density at radius 1 is 1.40 bits per heavy atom. The van der Waals surface area contributed by atoms with Gasteiger partial charge in [-0.3, -0.25) is 0 Å². The van der Waals surface area contributed by atoms with Crippen molar-refractivity contribution in [1.82, 2.24) is 0 Å². The fourth-order valence-electron chi connectivity index (χ4n) is 1.57. The minimum Gasteiger partial charge on any atom is -0.494 e. The normalized spacial score (nSPS) is 12.2. The van der Waals surface area contributed by atoms with Crippen molar-refractivity contribution < 1.29 is 4.74 Å². The van der Waals surface area contributed by atoms with Gasteiger partial charge in [-0.2, -0.15) is 5.26 Å². The van der Waals surface area contributed by atoms with E-state index < -0.39 is 0 Å². The Hall–Kier alpha value is -1.49. The van der Waals surface area contributed by atoms with E-state index in [2.05, 4.69) is 19.9 Å². The predicted octanol–water partition coefficient (Wildman–Crippen LogP) is 3.35. The molecule has 1 atom stereocenters. The first-order valence-electron chi connectivity index (χ1n) is 5.31. The molecule has 0 saturated heterocycles. The number of hydrogen-bond acceptors (Lipinski definition) is 2. The second kappa shape index (κ2) is 5.41. The molecule has 1 aromatic rings. The molecular weight excluding hydrogens is 186 g/mol. The van der Waals surface area contributed by atoms with Crippen LogP contribution < -0.4 is 4.74 Å². The van der Waals surface area contributed by atoms with Gasteiger partial charge in [-0.1, -0.05) is 26.0 Å². The predicted molar refractivity (Wildman–Crippen MR) is 60.8 cm³/mol. The van der Waals surface area contributed by atoms with Gasteiger partial charge < -0.3 is 4.74 Å². The summed E-state index contributed by atoms with van der Waals surface area (Å²) in [6.45, 7) is 6.72. The molecule has 0 aliphatic carbocycles. The topological polar surface area (TPSA) is 33.0 Å². The standard InChI is InChI=1S/C13H17NO/c1-4-15-12-7-5-6-11(8-12)13(9-14)10(2)3/h5-8,10,13H,4H2,1-3H3/t13-/m1/s1. The summed E-state index contributed by atoms with van der Waals surface area (Å²) in [5.74, 6) is 1.12. The van der Waals surface area contributed by atoms with E-state index in [-0.39, 0.29) is 5.92 Å². The lowest BCUT2D eigenvalue weighted by molar-refractivity contribution is 0.339. The minimum atomic E-state index is -0.0505. The van der Waals surface area contributed by atoms with Gasteiger partial charge >= 0.3 is 0 Å². The molecule has 2 nitrogen and oxygen atoms in total.